The van der Waals surface area contributed by atoms with Crippen LogP contribution in [0.3, 0.4) is 0 Å². The highest BCUT2D eigenvalue weighted by Crippen LogP contribution is 2.33. The largest absolute Gasteiger partial charge is 0.480 e. The normalized spacial score (nSPS) is 19.4. The molecule has 3 unspecified atom stereocenters. The molecule has 9 heteroatoms. The fourth-order valence-corrected chi connectivity index (χ4v) is 5.05. The van der Waals surface area contributed by atoms with Crippen molar-refractivity contribution in [3.63, 3.8) is 0 Å². The molecule has 1 amide bonds. The zero-order valence-electron chi connectivity index (χ0n) is 19.4. The number of thioether (sulfide) groups is 1. The molecule has 1 aliphatic heterocycles. The number of unbranched alkanes of at least 4 members (excludes halogenated alkanes) is 1. The number of nitrogens with one attached hydrogen (secondary N) is 1. The van der Waals surface area contributed by atoms with Crippen LogP contribution in [0, 0.1) is 0 Å². The Morgan fingerprint density at radius 1 is 1.26 bits per heavy atom. The number of benzene rings is 1. The van der Waals surface area contributed by atoms with Crippen molar-refractivity contribution in [3.8, 4) is 0 Å². The lowest BCUT2D eigenvalue weighted by Crippen LogP contribution is -2.53. The van der Waals surface area contributed by atoms with Crippen LogP contribution >= 0.6 is 11.8 Å². The van der Waals surface area contributed by atoms with Gasteiger partial charge in [-0.15, -0.1) is 11.8 Å². The van der Waals surface area contributed by atoms with Crippen LogP contribution in [0.4, 0.5) is 0 Å². The van der Waals surface area contributed by atoms with E-state index in [4.69, 9.17) is 9.15 Å². The van der Waals surface area contributed by atoms with E-state index in [1.54, 1.807) is 12.3 Å². The third-order valence-corrected chi connectivity index (χ3v) is 6.95. The summed E-state index contributed by atoms with van der Waals surface area (Å²) in [6.07, 6.45) is 4.34. The molecule has 1 aromatic carbocycles. The first-order valence-corrected chi connectivity index (χ1v) is 12.6. The van der Waals surface area contributed by atoms with Gasteiger partial charge in [0.25, 0.3) is 0 Å². The zero-order chi connectivity index (χ0) is 24.3. The van der Waals surface area contributed by atoms with Gasteiger partial charge < -0.3 is 19.2 Å². The number of nitrogens with zero attached hydrogens (tertiary/aromatic N) is 1. The van der Waals surface area contributed by atoms with Crippen molar-refractivity contribution in [1.29, 1.82) is 0 Å². The van der Waals surface area contributed by atoms with Gasteiger partial charge in [0.1, 0.15) is 18.3 Å². The highest BCUT2D eigenvalue weighted by atomic mass is 32.2. The van der Waals surface area contributed by atoms with E-state index in [1.807, 2.05) is 43.3 Å². The lowest BCUT2D eigenvalue weighted by molar-refractivity contribution is -0.148. The van der Waals surface area contributed by atoms with Crippen molar-refractivity contribution in [3.05, 3.63) is 60.1 Å². The molecule has 2 heterocycles. The first-order valence-electron chi connectivity index (χ1n) is 11.6. The first-order chi connectivity index (χ1) is 16.5. The van der Waals surface area contributed by atoms with Crippen LogP contribution in [0.25, 0.3) is 0 Å². The number of hydrogen-bond acceptors (Lipinski definition) is 7. The first kappa shape index (κ1) is 25.8. The Kier molecular flexibility index (Phi) is 10.0. The fourth-order valence-electron chi connectivity index (χ4n) is 3.80. The molecule has 0 radical (unpaired) electrons. The molecule has 0 bridgehead atoms. The van der Waals surface area contributed by atoms with Crippen molar-refractivity contribution in [2.75, 3.05) is 25.4 Å². The number of furan rings is 1. The van der Waals surface area contributed by atoms with Gasteiger partial charge >= 0.3 is 11.9 Å². The van der Waals surface area contributed by atoms with E-state index in [-0.39, 0.29) is 17.7 Å². The molecule has 1 fully saturated rings. The molecule has 2 N–H and O–H groups in total. The second kappa shape index (κ2) is 13.2. The van der Waals surface area contributed by atoms with Crippen LogP contribution in [0.1, 0.15) is 42.8 Å². The molecule has 8 nitrogen and oxygen atoms in total. The molecule has 0 spiro atoms. The third kappa shape index (κ3) is 7.63. The number of rotatable bonds is 12. The molecule has 3 rings (SSSR count). The van der Waals surface area contributed by atoms with Gasteiger partial charge in [0.2, 0.25) is 5.91 Å². The molecule has 1 aliphatic rings. The van der Waals surface area contributed by atoms with Crippen molar-refractivity contribution in [2.24, 2.45) is 0 Å². The molecular weight excluding hydrogens is 456 g/mol. The number of carbonyl (C=O) groups is 3. The summed E-state index contributed by atoms with van der Waals surface area (Å²) < 4.78 is 11.0. The van der Waals surface area contributed by atoms with Crippen LogP contribution in [-0.4, -0.2) is 65.4 Å². The van der Waals surface area contributed by atoms with Crippen LogP contribution in [0.2, 0.25) is 0 Å². The Hall–Kier alpha value is -2.78. The lowest BCUT2D eigenvalue weighted by atomic mass is 10.0. The average Bonchev–Trinajstić information content (AvgIpc) is 3.32. The Balaban J connectivity index is 1.74. The standard InChI is InChI=1S/C25H32N2O6S/c1-2-3-13-33-25(31)19(12-11-18-8-5-4-6-9-18)26-20-17-34-22(21-10-7-14-32-21)15-27(24(20)30)16-23(28)29/h4-10,14,19-20,22,26H,2-3,11-13,15-17H2,1H3,(H,28,29). The Labute approximate surface area is 204 Å². The topological polar surface area (TPSA) is 109 Å². The van der Waals surface area contributed by atoms with E-state index in [1.165, 1.54) is 16.7 Å². The van der Waals surface area contributed by atoms with Crippen LogP contribution in [-0.2, 0) is 25.5 Å². The van der Waals surface area contributed by atoms with E-state index in [2.05, 4.69) is 5.32 Å². The number of esters is 1. The second-order valence-electron chi connectivity index (χ2n) is 8.27. The van der Waals surface area contributed by atoms with Crippen molar-refractivity contribution in [2.45, 2.75) is 49.9 Å². The summed E-state index contributed by atoms with van der Waals surface area (Å²) in [6.45, 7) is 2.16. The maximum Gasteiger partial charge on any atom is 0.323 e. The van der Waals surface area contributed by atoms with Gasteiger partial charge in [-0.25, -0.2) is 0 Å². The molecular formula is C25H32N2O6S. The van der Waals surface area contributed by atoms with Gasteiger partial charge in [-0.1, -0.05) is 43.7 Å². The smallest absolute Gasteiger partial charge is 0.323 e. The van der Waals surface area contributed by atoms with Gasteiger partial charge in [0.05, 0.1) is 24.2 Å². The van der Waals surface area contributed by atoms with Gasteiger partial charge in [0.15, 0.2) is 0 Å². The van der Waals surface area contributed by atoms with E-state index in [0.717, 1.165) is 18.4 Å². The van der Waals surface area contributed by atoms with E-state index >= 15 is 0 Å². The number of carboxylic acid groups (broad SMARTS) is 1. The minimum atomic E-state index is -1.09. The minimum Gasteiger partial charge on any atom is -0.480 e. The summed E-state index contributed by atoms with van der Waals surface area (Å²) in [5, 5.41) is 12.4. The maximum absolute atomic E-state index is 13.3. The Morgan fingerprint density at radius 3 is 2.74 bits per heavy atom. The number of aliphatic carboxylic acids is 1. The molecule has 3 atom stereocenters. The molecule has 1 aromatic heterocycles. The maximum atomic E-state index is 13.3. The van der Waals surface area contributed by atoms with Gasteiger partial charge in [-0.2, -0.15) is 0 Å². The lowest BCUT2D eigenvalue weighted by Gasteiger charge is -2.26. The third-order valence-electron chi connectivity index (χ3n) is 5.64. The number of hydrogen-bond donors (Lipinski definition) is 2. The van der Waals surface area contributed by atoms with Crippen molar-refractivity contribution >= 4 is 29.6 Å². The predicted octanol–water partition coefficient (Wildman–Crippen LogP) is 3.28. The zero-order valence-corrected chi connectivity index (χ0v) is 20.2. The number of carboxylic acids is 1. The van der Waals surface area contributed by atoms with Gasteiger partial charge in [-0.05, 0) is 37.0 Å². The summed E-state index contributed by atoms with van der Waals surface area (Å²) in [7, 11) is 0. The second-order valence-corrected chi connectivity index (χ2v) is 9.50. The summed E-state index contributed by atoms with van der Waals surface area (Å²) in [5.41, 5.74) is 1.09. The van der Waals surface area contributed by atoms with E-state index in [9.17, 15) is 19.5 Å². The van der Waals surface area contributed by atoms with Crippen molar-refractivity contribution in [1.82, 2.24) is 10.2 Å². The fraction of sp³-hybridized carbons (Fsp3) is 0.480. The summed E-state index contributed by atoms with van der Waals surface area (Å²) in [4.78, 5) is 38.9. The Morgan fingerprint density at radius 2 is 2.06 bits per heavy atom. The highest BCUT2D eigenvalue weighted by molar-refractivity contribution is 7.99. The molecule has 1 saturated heterocycles. The summed E-state index contributed by atoms with van der Waals surface area (Å²) in [6, 6.07) is 12.0. The van der Waals surface area contributed by atoms with Crippen LogP contribution < -0.4 is 5.32 Å². The monoisotopic (exact) mass is 488 g/mol. The van der Waals surface area contributed by atoms with E-state index in [0.29, 0.717) is 31.0 Å². The van der Waals surface area contributed by atoms with Crippen molar-refractivity contribution < 1.29 is 28.6 Å². The molecule has 34 heavy (non-hydrogen) atoms. The average molecular weight is 489 g/mol. The van der Waals surface area contributed by atoms with Gasteiger partial charge in [-0.3, -0.25) is 19.7 Å². The van der Waals surface area contributed by atoms with Crippen LogP contribution in [0.15, 0.2) is 53.1 Å². The van der Waals surface area contributed by atoms with Gasteiger partial charge in [0, 0.05) is 12.3 Å². The Bertz CT molecular complexity index is 921. The number of aryl methyl sites for hydroxylation is 1. The van der Waals surface area contributed by atoms with E-state index < -0.39 is 30.6 Å². The quantitative estimate of drug-likeness (QED) is 0.346. The summed E-state index contributed by atoms with van der Waals surface area (Å²) >= 11 is 1.51. The summed E-state index contributed by atoms with van der Waals surface area (Å²) in [5.74, 6) is -0.747. The molecule has 2 aromatic rings. The minimum absolute atomic E-state index is 0.190. The highest BCUT2D eigenvalue weighted by Gasteiger charge is 2.36. The molecule has 0 aliphatic carbocycles. The number of amides is 1. The SMILES string of the molecule is CCCCOC(=O)C(CCc1ccccc1)NC1CSC(c2ccco2)CN(CC(=O)O)C1=O. The predicted molar refractivity (Wildman–Crippen MR) is 129 cm³/mol. The molecule has 0 saturated carbocycles. The molecule has 184 valence electrons. The van der Waals surface area contributed by atoms with Crippen LogP contribution in [0.5, 0.6) is 0 Å². The number of ether oxygens (including phenoxy) is 1. The number of carbonyl (C=O) groups excluding carboxylic acids is 2.